The van der Waals surface area contributed by atoms with Crippen molar-refractivity contribution in [1.82, 2.24) is 0 Å². The van der Waals surface area contributed by atoms with Crippen LogP contribution in [-0.4, -0.2) is 0 Å². The van der Waals surface area contributed by atoms with Crippen molar-refractivity contribution >= 4 is 28.8 Å². The SMILES string of the molecule is Cc1ccc2c(c1)Sc1cc(C)ccc1N2c1c2c(cc3c1CCCC3)CCCC2. The maximum atomic E-state index is 2.65. The molecule has 0 fully saturated rings. The molecule has 0 amide bonds. The van der Waals surface area contributed by atoms with E-state index in [0.29, 0.717) is 0 Å². The van der Waals surface area contributed by atoms with Crippen LogP contribution in [0.25, 0.3) is 0 Å². The van der Waals surface area contributed by atoms with E-state index in [2.05, 4.69) is 61.2 Å². The molecule has 2 heteroatoms. The minimum absolute atomic E-state index is 1.23. The van der Waals surface area contributed by atoms with E-state index in [0.717, 1.165) is 0 Å². The molecule has 3 aromatic carbocycles. The summed E-state index contributed by atoms with van der Waals surface area (Å²) in [6.07, 6.45) is 10.3. The van der Waals surface area contributed by atoms with Crippen molar-refractivity contribution in [2.75, 3.05) is 4.90 Å². The Morgan fingerprint density at radius 1 is 0.633 bits per heavy atom. The number of hydrogen-bond acceptors (Lipinski definition) is 2. The molecule has 0 saturated heterocycles. The minimum Gasteiger partial charge on any atom is -0.308 e. The van der Waals surface area contributed by atoms with Gasteiger partial charge >= 0.3 is 0 Å². The van der Waals surface area contributed by atoms with Crippen LogP contribution in [0, 0.1) is 13.8 Å². The van der Waals surface area contributed by atoms with Crippen molar-refractivity contribution in [3.05, 3.63) is 75.8 Å². The van der Waals surface area contributed by atoms with E-state index < -0.39 is 0 Å². The minimum atomic E-state index is 1.23. The first-order valence-corrected chi connectivity index (χ1v) is 12.4. The highest BCUT2D eigenvalue weighted by molar-refractivity contribution is 7.99. The van der Waals surface area contributed by atoms with Crippen molar-refractivity contribution < 1.29 is 0 Å². The van der Waals surface area contributed by atoms with Gasteiger partial charge in [0.1, 0.15) is 0 Å². The summed E-state index contributed by atoms with van der Waals surface area (Å²) in [6.45, 7) is 4.42. The Morgan fingerprint density at radius 2 is 1.13 bits per heavy atom. The Hall–Kier alpha value is -2.19. The molecule has 0 N–H and O–H groups in total. The fourth-order valence-corrected chi connectivity index (χ4v) is 6.90. The van der Waals surface area contributed by atoms with Crippen LogP contribution in [0.15, 0.2) is 52.3 Å². The number of nitrogens with zero attached hydrogens (tertiary/aromatic N) is 1. The molecule has 152 valence electrons. The second-order valence-electron chi connectivity index (χ2n) is 9.29. The van der Waals surface area contributed by atoms with Crippen LogP contribution < -0.4 is 4.90 Å². The number of anilines is 3. The first-order valence-electron chi connectivity index (χ1n) is 11.5. The van der Waals surface area contributed by atoms with Crippen LogP contribution in [0.5, 0.6) is 0 Å². The van der Waals surface area contributed by atoms with Crippen LogP contribution in [-0.2, 0) is 25.7 Å². The fourth-order valence-electron chi connectivity index (χ4n) is 5.64. The molecule has 1 heterocycles. The molecule has 30 heavy (non-hydrogen) atoms. The van der Waals surface area contributed by atoms with Crippen molar-refractivity contribution in [3.8, 4) is 0 Å². The lowest BCUT2D eigenvalue weighted by atomic mass is 9.81. The van der Waals surface area contributed by atoms with E-state index in [4.69, 9.17) is 0 Å². The maximum Gasteiger partial charge on any atom is 0.0602 e. The van der Waals surface area contributed by atoms with E-state index in [9.17, 15) is 0 Å². The van der Waals surface area contributed by atoms with E-state index in [1.165, 1.54) is 89.3 Å². The molecule has 0 aromatic heterocycles. The molecule has 0 bridgehead atoms. The Morgan fingerprint density at radius 3 is 1.67 bits per heavy atom. The van der Waals surface area contributed by atoms with Gasteiger partial charge in [0.25, 0.3) is 0 Å². The van der Waals surface area contributed by atoms with Gasteiger partial charge in [0, 0.05) is 9.79 Å². The molecule has 0 atom stereocenters. The summed E-state index contributed by atoms with van der Waals surface area (Å²) >= 11 is 1.94. The van der Waals surface area contributed by atoms with Crippen molar-refractivity contribution in [1.29, 1.82) is 0 Å². The highest BCUT2D eigenvalue weighted by atomic mass is 32.2. The average Bonchev–Trinajstić information content (AvgIpc) is 2.76. The molecular weight excluding hydrogens is 382 g/mol. The zero-order valence-corrected chi connectivity index (χ0v) is 18.9. The third-order valence-electron chi connectivity index (χ3n) is 7.10. The molecule has 0 saturated carbocycles. The first-order chi connectivity index (χ1) is 14.7. The third-order valence-corrected chi connectivity index (χ3v) is 8.19. The first kappa shape index (κ1) is 18.6. The highest BCUT2D eigenvalue weighted by Gasteiger charge is 2.31. The number of benzene rings is 3. The van der Waals surface area contributed by atoms with Gasteiger partial charge in [0.05, 0.1) is 17.1 Å². The van der Waals surface area contributed by atoms with Gasteiger partial charge in [-0.3, -0.25) is 0 Å². The van der Waals surface area contributed by atoms with Gasteiger partial charge < -0.3 is 4.90 Å². The fraction of sp³-hybridized carbons (Fsp3) is 0.357. The number of aryl methyl sites for hydroxylation is 4. The Balaban J connectivity index is 1.67. The monoisotopic (exact) mass is 411 g/mol. The van der Waals surface area contributed by atoms with E-state index in [-0.39, 0.29) is 0 Å². The summed E-state index contributed by atoms with van der Waals surface area (Å²) in [7, 11) is 0. The molecule has 0 unspecified atom stereocenters. The van der Waals surface area contributed by atoms with Gasteiger partial charge in [-0.2, -0.15) is 0 Å². The second kappa shape index (κ2) is 7.20. The molecule has 2 aliphatic carbocycles. The number of rotatable bonds is 1. The van der Waals surface area contributed by atoms with Crippen molar-refractivity contribution in [3.63, 3.8) is 0 Å². The predicted molar refractivity (Wildman–Crippen MR) is 128 cm³/mol. The zero-order valence-electron chi connectivity index (χ0n) is 18.1. The van der Waals surface area contributed by atoms with E-state index >= 15 is 0 Å². The summed E-state index contributed by atoms with van der Waals surface area (Å²) in [5.41, 5.74) is 13.5. The number of fused-ring (bicyclic) bond motifs is 4. The topological polar surface area (TPSA) is 3.24 Å². The molecular formula is C28H29NS. The Kier molecular flexibility index (Phi) is 4.46. The van der Waals surface area contributed by atoms with Crippen LogP contribution in [0.3, 0.4) is 0 Å². The van der Waals surface area contributed by atoms with Crippen LogP contribution in [0.2, 0.25) is 0 Å². The lowest BCUT2D eigenvalue weighted by Gasteiger charge is -2.38. The smallest absolute Gasteiger partial charge is 0.0602 e. The number of hydrogen-bond donors (Lipinski definition) is 0. The highest BCUT2D eigenvalue weighted by Crippen LogP contribution is 2.54. The molecule has 1 nitrogen and oxygen atoms in total. The van der Waals surface area contributed by atoms with Crippen molar-refractivity contribution in [2.24, 2.45) is 0 Å². The standard InChI is InChI=1S/C28H29NS/c1-18-11-13-24-26(15-18)30-27-16-19(2)12-14-25(27)29(24)28-22-9-5-3-7-20(22)17-21-8-4-6-10-23(21)28/h11-17H,3-10H2,1-2H3. The van der Waals surface area contributed by atoms with Gasteiger partial charge in [0.2, 0.25) is 0 Å². The van der Waals surface area contributed by atoms with E-state index in [1.54, 1.807) is 22.3 Å². The van der Waals surface area contributed by atoms with Crippen LogP contribution in [0.1, 0.15) is 59.1 Å². The largest absolute Gasteiger partial charge is 0.308 e. The summed E-state index contributed by atoms with van der Waals surface area (Å²) in [4.78, 5) is 5.44. The average molecular weight is 412 g/mol. The predicted octanol–water partition coefficient (Wildman–Crippen LogP) is 8.00. The normalized spacial score (nSPS) is 17.1. The van der Waals surface area contributed by atoms with Crippen LogP contribution in [0.4, 0.5) is 17.1 Å². The Labute approximate surface area is 184 Å². The molecule has 6 rings (SSSR count). The molecule has 0 radical (unpaired) electrons. The quantitative estimate of drug-likeness (QED) is 0.312. The summed E-state index contributed by atoms with van der Waals surface area (Å²) in [5.74, 6) is 0. The van der Waals surface area contributed by atoms with Gasteiger partial charge in [-0.05, 0) is 123 Å². The molecule has 1 aliphatic heterocycles. The maximum absolute atomic E-state index is 2.65. The second-order valence-corrected chi connectivity index (χ2v) is 10.4. The lowest BCUT2D eigenvalue weighted by Crippen LogP contribution is -2.22. The summed E-state index contributed by atoms with van der Waals surface area (Å²) < 4.78 is 0. The van der Waals surface area contributed by atoms with Gasteiger partial charge in [-0.25, -0.2) is 0 Å². The van der Waals surface area contributed by atoms with E-state index in [1.807, 2.05) is 11.8 Å². The van der Waals surface area contributed by atoms with Crippen LogP contribution >= 0.6 is 11.8 Å². The van der Waals surface area contributed by atoms with Gasteiger partial charge in [-0.1, -0.05) is 30.0 Å². The third kappa shape index (κ3) is 2.92. The molecule has 3 aromatic rings. The molecule has 3 aliphatic rings. The molecule has 0 spiro atoms. The Bertz CT molecular complexity index is 1070. The summed E-state index contributed by atoms with van der Waals surface area (Å²) in [5, 5.41) is 0. The summed E-state index contributed by atoms with van der Waals surface area (Å²) in [6, 6.07) is 16.6. The van der Waals surface area contributed by atoms with Crippen molar-refractivity contribution in [2.45, 2.75) is 75.0 Å². The van der Waals surface area contributed by atoms with Gasteiger partial charge in [-0.15, -0.1) is 0 Å². The zero-order chi connectivity index (χ0) is 20.2. The lowest BCUT2D eigenvalue weighted by molar-refractivity contribution is 0.658. The van der Waals surface area contributed by atoms with Gasteiger partial charge in [0.15, 0.2) is 0 Å².